The number of benzene rings is 1. The van der Waals surface area contributed by atoms with Crippen molar-refractivity contribution < 1.29 is 14.4 Å². The number of hydrogen-bond acceptors (Lipinski definition) is 8. The van der Waals surface area contributed by atoms with E-state index in [4.69, 9.17) is 9.47 Å². The Bertz CT molecular complexity index is 751. The summed E-state index contributed by atoms with van der Waals surface area (Å²) in [5, 5.41) is 17.2. The third-order valence-electron chi connectivity index (χ3n) is 3.08. The van der Waals surface area contributed by atoms with Gasteiger partial charge in [0.2, 0.25) is 11.6 Å². The highest BCUT2D eigenvalue weighted by molar-refractivity contribution is 5.76. The van der Waals surface area contributed by atoms with Gasteiger partial charge in [-0.15, -0.1) is 6.58 Å². The van der Waals surface area contributed by atoms with E-state index >= 15 is 0 Å². The summed E-state index contributed by atoms with van der Waals surface area (Å²) in [7, 11) is 3.02. The Hall–Kier alpha value is -3.36. The number of ether oxygens (including phenoxy) is 2. The van der Waals surface area contributed by atoms with Crippen LogP contribution in [-0.4, -0.2) is 35.7 Å². The number of nitrogens with one attached hydrogen (secondary N) is 2. The molecule has 0 unspecified atom stereocenters. The Morgan fingerprint density at radius 2 is 2.04 bits per heavy atom. The summed E-state index contributed by atoms with van der Waals surface area (Å²) < 4.78 is 10.4. The lowest BCUT2D eigenvalue weighted by atomic mass is 10.2. The molecule has 1 aromatic heterocycles. The van der Waals surface area contributed by atoms with Gasteiger partial charge in [-0.2, -0.15) is 0 Å². The van der Waals surface area contributed by atoms with Gasteiger partial charge >= 0.3 is 5.69 Å². The fourth-order valence-electron chi connectivity index (χ4n) is 1.98. The van der Waals surface area contributed by atoms with Crippen LogP contribution in [0.5, 0.6) is 11.5 Å². The average Bonchev–Trinajstić information content (AvgIpc) is 2.59. The Morgan fingerprint density at radius 1 is 1.29 bits per heavy atom. The number of methoxy groups -OCH3 is 2. The van der Waals surface area contributed by atoms with Crippen molar-refractivity contribution in [2.24, 2.45) is 0 Å². The predicted molar refractivity (Wildman–Crippen MR) is 90.2 cm³/mol. The molecule has 24 heavy (non-hydrogen) atoms. The highest BCUT2D eigenvalue weighted by atomic mass is 16.6. The minimum atomic E-state index is -0.555. The van der Waals surface area contributed by atoms with E-state index < -0.39 is 4.92 Å². The number of nitrogens with zero attached hydrogens (tertiary/aromatic N) is 3. The molecule has 0 atom stereocenters. The average molecular weight is 331 g/mol. The van der Waals surface area contributed by atoms with Crippen LogP contribution in [0.15, 0.2) is 37.2 Å². The molecular formula is C15H17N5O4. The maximum Gasteiger partial charge on any atom is 0.353 e. The van der Waals surface area contributed by atoms with Crippen molar-refractivity contribution in [3.05, 3.63) is 47.3 Å². The SMILES string of the molecule is C=CCNc1ncnc(Nc2cc(OC)ccc2OC)c1[N+](=O)[O-]. The zero-order chi connectivity index (χ0) is 17.5. The smallest absolute Gasteiger partial charge is 0.353 e. The fraction of sp³-hybridized carbons (Fsp3) is 0.200. The van der Waals surface area contributed by atoms with Crippen molar-refractivity contribution in [3.8, 4) is 11.5 Å². The standard InChI is InChI=1S/C15H17N5O4/c1-4-7-16-14-13(20(21)22)15(18-9-17-14)19-11-8-10(23-2)5-6-12(11)24-3/h4-6,8-9H,1,7H2,2-3H3,(H2,16,17,18,19). The second kappa shape index (κ2) is 7.77. The van der Waals surface area contributed by atoms with E-state index in [0.717, 1.165) is 0 Å². The zero-order valence-corrected chi connectivity index (χ0v) is 13.3. The van der Waals surface area contributed by atoms with Crippen LogP contribution >= 0.6 is 0 Å². The molecule has 2 N–H and O–H groups in total. The Morgan fingerprint density at radius 3 is 2.67 bits per heavy atom. The predicted octanol–water partition coefficient (Wildman–Crippen LogP) is 2.74. The molecular weight excluding hydrogens is 314 g/mol. The largest absolute Gasteiger partial charge is 0.497 e. The number of anilines is 3. The lowest BCUT2D eigenvalue weighted by Crippen LogP contribution is -2.08. The van der Waals surface area contributed by atoms with Gasteiger partial charge in [0.25, 0.3) is 0 Å². The first-order chi connectivity index (χ1) is 11.6. The van der Waals surface area contributed by atoms with Gasteiger partial charge in [-0.05, 0) is 12.1 Å². The molecule has 0 saturated heterocycles. The number of hydrogen-bond donors (Lipinski definition) is 2. The minimum absolute atomic E-state index is 0.0353. The van der Waals surface area contributed by atoms with E-state index in [1.807, 2.05) is 0 Å². The maximum absolute atomic E-state index is 11.4. The van der Waals surface area contributed by atoms with Crippen LogP contribution in [0.3, 0.4) is 0 Å². The number of nitro groups is 1. The molecule has 0 aliphatic rings. The second-order valence-electron chi connectivity index (χ2n) is 4.54. The van der Waals surface area contributed by atoms with Crippen molar-refractivity contribution >= 4 is 23.0 Å². The molecule has 1 heterocycles. The van der Waals surface area contributed by atoms with Gasteiger partial charge in [-0.1, -0.05) is 6.08 Å². The van der Waals surface area contributed by atoms with Crippen LogP contribution in [0.2, 0.25) is 0 Å². The molecule has 0 aliphatic heterocycles. The Balaban J connectivity index is 2.46. The third-order valence-corrected chi connectivity index (χ3v) is 3.08. The summed E-state index contributed by atoms with van der Waals surface area (Å²) in [5.41, 5.74) is 0.206. The van der Waals surface area contributed by atoms with Gasteiger partial charge in [0.1, 0.15) is 17.8 Å². The van der Waals surface area contributed by atoms with Crippen molar-refractivity contribution in [2.45, 2.75) is 0 Å². The third kappa shape index (κ3) is 3.69. The van der Waals surface area contributed by atoms with E-state index in [-0.39, 0.29) is 17.3 Å². The fourth-order valence-corrected chi connectivity index (χ4v) is 1.98. The quantitative estimate of drug-likeness (QED) is 0.431. The molecule has 9 nitrogen and oxygen atoms in total. The zero-order valence-electron chi connectivity index (χ0n) is 13.3. The van der Waals surface area contributed by atoms with E-state index in [9.17, 15) is 10.1 Å². The van der Waals surface area contributed by atoms with Crippen LogP contribution < -0.4 is 20.1 Å². The van der Waals surface area contributed by atoms with E-state index in [1.165, 1.54) is 20.5 Å². The van der Waals surface area contributed by atoms with Gasteiger partial charge in [0.05, 0.1) is 24.8 Å². The molecule has 2 rings (SSSR count). The summed E-state index contributed by atoms with van der Waals surface area (Å²) in [6.07, 6.45) is 2.80. The Labute approximate surface area is 138 Å². The lowest BCUT2D eigenvalue weighted by Gasteiger charge is -2.13. The van der Waals surface area contributed by atoms with Crippen LogP contribution in [0.1, 0.15) is 0 Å². The molecule has 2 aromatic rings. The molecule has 9 heteroatoms. The van der Waals surface area contributed by atoms with Crippen LogP contribution in [0, 0.1) is 10.1 Å². The van der Waals surface area contributed by atoms with Crippen LogP contribution in [0.4, 0.5) is 23.0 Å². The van der Waals surface area contributed by atoms with Crippen molar-refractivity contribution in [1.82, 2.24) is 9.97 Å². The number of rotatable bonds is 8. The minimum Gasteiger partial charge on any atom is -0.497 e. The number of aromatic nitrogens is 2. The summed E-state index contributed by atoms with van der Waals surface area (Å²) in [6, 6.07) is 5.06. The Kier molecular flexibility index (Phi) is 5.50. The second-order valence-corrected chi connectivity index (χ2v) is 4.54. The van der Waals surface area contributed by atoms with Gasteiger partial charge in [0, 0.05) is 12.6 Å². The lowest BCUT2D eigenvalue weighted by molar-refractivity contribution is -0.383. The van der Waals surface area contributed by atoms with Crippen molar-refractivity contribution in [1.29, 1.82) is 0 Å². The molecule has 0 fully saturated rings. The van der Waals surface area contributed by atoms with E-state index in [2.05, 4.69) is 27.2 Å². The molecule has 0 spiro atoms. The summed E-state index contributed by atoms with van der Waals surface area (Å²) in [4.78, 5) is 18.8. The molecule has 0 bridgehead atoms. The first kappa shape index (κ1) is 17.0. The van der Waals surface area contributed by atoms with Gasteiger partial charge in [0.15, 0.2) is 0 Å². The van der Waals surface area contributed by atoms with Crippen LogP contribution in [0.25, 0.3) is 0 Å². The maximum atomic E-state index is 11.4. The summed E-state index contributed by atoms with van der Waals surface area (Å²) in [5.74, 6) is 1.19. The summed E-state index contributed by atoms with van der Waals surface area (Å²) in [6.45, 7) is 3.89. The topological polar surface area (TPSA) is 111 Å². The van der Waals surface area contributed by atoms with Gasteiger partial charge in [-0.25, -0.2) is 9.97 Å². The monoisotopic (exact) mass is 331 g/mol. The van der Waals surface area contributed by atoms with E-state index in [0.29, 0.717) is 23.7 Å². The van der Waals surface area contributed by atoms with Crippen molar-refractivity contribution in [3.63, 3.8) is 0 Å². The molecule has 0 saturated carbocycles. The highest BCUT2D eigenvalue weighted by Gasteiger charge is 2.23. The molecule has 0 radical (unpaired) electrons. The van der Waals surface area contributed by atoms with Crippen LogP contribution in [-0.2, 0) is 0 Å². The first-order valence-corrected chi connectivity index (χ1v) is 6.94. The summed E-state index contributed by atoms with van der Waals surface area (Å²) >= 11 is 0. The first-order valence-electron chi connectivity index (χ1n) is 6.94. The highest BCUT2D eigenvalue weighted by Crippen LogP contribution is 2.35. The van der Waals surface area contributed by atoms with E-state index in [1.54, 1.807) is 24.3 Å². The van der Waals surface area contributed by atoms with Gasteiger partial charge < -0.3 is 20.1 Å². The molecule has 0 amide bonds. The molecule has 1 aromatic carbocycles. The molecule has 126 valence electrons. The van der Waals surface area contributed by atoms with Gasteiger partial charge in [-0.3, -0.25) is 10.1 Å². The van der Waals surface area contributed by atoms with Crippen molar-refractivity contribution in [2.75, 3.05) is 31.4 Å². The molecule has 0 aliphatic carbocycles. The normalized spacial score (nSPS) is 9.92.